The maximum Gasteiger partial charge on any atom is 0.161 e. The molecule has 6 rings (SSSR count). The lowest BCUT2D eigenvalue weighted by Crippen LogP contribution is -2.69. The quantitative estimate of drug-likeness (QED) is 0.660. The summed E-state index contributed by atoms with van der Waals surface area (Å²) in [5, 5.41) is 0. The molecule has 0 spiro atoms. The highest BCUT2D eigenvalue weighted by atomic mass is 16.6. The monoisotopic (exact) mass is 452 g/mol. The van der Waals surface area contributed by atoms with Gasteiger partial charge in [-0.05, 0) is 73.2 Å². The molecule has 0 N–H and O–H groups in total. The summed E-state index contributed by atoms with van der Waals surface area (Å²) in [7, 11) is 6.79. The van der Waals surface area contributed by atoms with Gasteiger partial charge in [-0.25, -0.2) is 0 Å². The van der Waals surface area contributed by atoms with Crippen molar-refractivity contribution in [2.24, 2.45) is 0 Å². The molecule has 7 nitrogen and oxygen atoms in total. The van der Waals surface area contributed by atoms with Crippen molar-refractivity contribution >= 4 is 0 Å². The SMILES string of the molecule is COc1cc2c(cc1OC)[C@@]1(C)[C@H]3O[C@@H](N1CC2)[C@]1(C)c2cc(OC)c(OC)cc2CCN31. The van der Waals surface area contributed by atoms with Crippen LogP contribution in [0.4, 0.5) is 0 Å². The van der Waals surface area contributed by atoms with E-state index >= 15 is 0 Å². The average molecular weight is 453 g/mol. The van der Waals surface area contributed by atoms with Gasteiger partial charge in [0.05, 0.1) is 39.5 Å². The Hall–Kier alpha value is -2.48. The first-order valence-corrected chi connectivity index (χ1v) is 11.6. The van der Waals surface area contributed by atoms with E-state index in [2.05, 4.69) is 47.9 Å². The van der Waals surface area contributed by atoms with E-state index in [4.69, 9.17) is 23.7 Å². The molecule has 4 heterocycles. The van der Waals surface area contributed by atoms with Crippen molar-refractivity contribution in [1.29, 1.82) is 0 Å². The van der Waals surface area contributed by atoms with Crippen LogP contribution in [0.1, 0.15) is 36.1 Å². The van der Waals surface area contributed by atoms with Crippen LogP contribution in [-0.4, -0.2) is 63.8 Å². The Morgan fingerprint density at radius 1 is 0.667 bits per heavy atom. The topological polar surface area (TPSA) is 52.6 Å². The van der Waals surface area contributed by atoms with Gasteiger partial charge in [0.2, 0.25) is 0 Å². The van der Waals surface area contributed by atoms with Gasteiger partial charge < -0.3 is 23.7 Å². The number of piperazine rings is 1. The highest BCUT2D eigenvalue weighted by molar-refractivity contribution is 5.55. The third-order valence-electron chi connectivity index (χ3n) is 8.53. The molecule has 4 aliphatic heterocycles. The fourth-order valence-corrected chi connectivity index (χ4v) is 6.87. The number of hydrogen-bond donors (Lipinski definition) is 0. The van der Waals surface area contributed by atoms with Crippen LogP contribution in [-0.2, 0) is 28.7 Å². The largest absolute Gasteiger partial charge is 0.493 e. The standard InChI is InChI=1S/C26H32N2O5/c1-25-17-13-21(31-5)19(29-3)11-15(17)7-9-27(25)24-26(2)18-14-22(32-6)20(30-4)12-16(18)8-10-28(26)23(25)33-24/h11-14,23-24H,7-10H2,1-6H3/t23-,24-,25+,26+/m1/s1. The van der Waals surface area contributed by atoms with Gasteiger partial charge in [-0.15, -0.1) is 0 Å². The number of rotatable bonds is 4. The minimum absolute atomic E-state index is 0.0501. The van der Waals surface area contributed by atoms with Crippen molar-refractivity contribution in [2.45, 2.75) is 50.2 Å². The zero-order chi connectivity index (χ0) is 23.1. The van der Waals surface area contributed by atoms with E-state index in [1.165, 1.54) is 22.3 Å². The summed E-state index contributed by atoms with van der Waals surface area (Å²) in [5.74, 6) is 3.11. The van der Waals surface area contributed by atoms with Crippen LogP contribution >= 0.6 is 0 Å². The van der Waals surface area contributed by atoms with Crippen LogP contribution < -0.4 is 18.9 Å². The fraction of sp³-hybridized carbons (Fsp3) is 0.538. The molecule has 4 aliphatic rings. The van der Waals surface area contributed by atoms with E-state index in [0.717, 1.165) is 48.9 Å². The number of hydrogen-bond acceptors (Lipinski definition) is 7. The van der Waals surface area contributed by atoms with Crippen LogP contribution in [0.3, 0.4) is 0 Å². The van der Waals surface area contributed by atoms with Gasteiger partial charge >= 0.3 is 0 Å². The zero-order valence-electron chi connectivity index (χ0n) is 20.2. The van der Waals surface area contributed by atoms with E-state index < -0.39 is 0 Å². The Kier molecular flexibility index (Phi) is 4.48. The van der Waals surface area contributed by atoms with Crippen molar-refractivity contribution in [3.63, 3.8) is 0 Å². The maximum atomic E-state index is 6.85. The van der Waals surface area contributed by atoms with Crippen LogP contribution in [0.5, 0.6) is 23.0 Å². The van der Waals surface area contributed by atoms with E-state index in [1.54, 1.807) is 28.4 Å². The summed E-state index contributed by atoms with van der Waals surface area (Å²) in [6.45, 7) is 6.52. The molecular formula is C26H32N2O5. The minimum atomic E-state index is -0.259. The van der Waals surface area contributed by atoms with E-state index in [9.17, 15) is 0 Å². The highest BCUT2D eigenvalue weighted by Crippen LogP contribution is 2.61. The second-order valence-electron chi connectivity index (χ2n) is 9.75. The van der Waals surface area contributed by atoms with Crippen molar-refractivity contribution in [3.05, 3.63) is 46.5 Å². The summed E-state index contributed by atoms with van der Waals surface area (Å²) in [5.41, 5.74) is 4.66. The molecule has 4 atom stereocenters. The number of fused-ring (bicyclic) bond motifs is 12. The number of ether oxygens (including phenoxy) is 5. The molecule has 0 amide bonds. The molecule has 0 saturated carbocycles. The molecule has 176 valence electrons. The molecule has 0 radical (unpaired) electrons. The predicted molar refractivity (Wildman–Crippen MR) is 123 cm³/mol. The summed E-state index contributed by atoms with van der Waals surface area (Å²) < 4.78 is 29.4. The third-order valence-corrected chi connectivity index (χ3v) is 8.53. The van der Waals surface area contributed by atoms with Gasteiger partial charge in [0.1, 0.15) is 12.5 Å². The Bertz CT molecular complexity index is 1050. The molecule has 0 unspecified atom stereocenters. The Morgan fingerprint density at radius 3 is 1.39 bits per heavy atom. The van der Waals surface area contributed by atoms with E-state index in [1.807, 2.05) is 0 Å². The molecular weight excluding hydrogens is 420 g/mol. The first kappa shape index (κ1) is 21.1. The summed E-state index contributed by atoms with van der Waals surface area (Å²) in [4.78, 5) is 5.13. The van der Waals surface area contributed by atoms with Gasteiger partial charge in [-0.3, -0.25) is 9.80 Å². The smallest absolute Gasteiger partial charge is 0.161 e. The lowest BCUT2D eigenvalue weighted by Gasteiger charge is -2.57. The summed E-state index contributed by atoms with van der Waals surface area (Å²) >= 11 is 0. The lowest BCUT2D eigenvalue weighted by atomic mass is 9.72. The summed E-state index contributed by atoms with van der Waals surface area (Å²) in [6, 6.07) is 8.61. The summed E-state index contributed by atoms with van der Waals surface area (Å²) in [6.07, 6.45) is 1.80. The van der Waals surface area contributed by atoms with Crippen molar-refractivity contribution in [1.82, 2.24) is 9.80 Å². The first-order chi connectivity index (χ1) is 15.9. The third kappa shape index (κ3) is 2.45. The lowest BCUT2D eigenvalue weighted by molar-refractivity contribution is -0.0906. The van der Waals surface area contributed by atoms with Crippen LogP contribution in [0.2, 0.25) is 0 Å². The molecule has 0 aromatic heterocycles. The average Bonchev–Trinajstić information content (AvgIpc) is 3.32. The van der Waals surface area contributed by atoms with Crippen LogP contribution in [0, 0.1) is 0 Å². The second kappa shape index (κ2) is 7.01. The predicted octanol–water partition coefficient (Wildman–Crippen LogP) is 3.26. The molecule has 2 aromatic carbocycles. The normalized spacial score (nSPS) is 31.9. The van der Waals surface area contributed by atoms with Crippen molar-refractivity contribution in [2.75, 3.05) is 41.5 Å². The molecule has 2 saturated heterocycles. The molecule has 2 aromatic rings. The van der Waals surface area contributed by atoms with Gasteiger partial charge in [0.25, 0.3) is 0 Å². The van der Waals surface area contributed by atoms with Crippen LogP contribution in [0.25, 0.3) is 0 Å². The molecule has 2 bridgehead atoms. The van der Waals surface area contributed by atoms with E-state index in [0.29, 0.717) is 0 Å². The number of methoxy groups -OCH3 is 4. The van der Waals surface area contributed by atoms with Gasteiger partial charge in [0.15, 0.2) is 23.0 Å². The minimum Gasteiger partial charge on any atom is -0.493 e. The van der Waals surface area contributed by atoms with Crippen molar-refractivity contribution in [3.8, 4) is 23.0 Å². The van der Waals surface area contributed by atoms with Gasteiger partial charge in [0, 0.05) is 13.1 Å². The van der Waals surface area contributed by atoms with Crippen LogP contribution in [0.15, 0.2) is 24.3 Å². The number of nitrogens with zero attached hydrogens (tertiary/aromatic N) is 2. The van der Waals surface area contributed by atoms with E-state index in [-0.39, 0.29) is 23.5 Å². The molecule has 7 heteroatoms. The highest BCUT2D eigenvalue weighted by Gasteiger charge is 2.70. The second-order valence-corrected chi connectivity index (χ2v) is 9.75. The van der Waals surface area contributed by atoms with Gasteiger partial charge in [-0.2, -0.15) is 0 Å². The first-order valence-electron chi connectivity index (χ1n) is 11.6. The molecule has 0 aliphatic carbocycles. The number of benzene rings is 2. The Morgan fingerprint density at radius 2 is 1.03 bits per heavy atom. The maximum absolute atomic E-state index is 6.85. The zero-order valence-corrected chi connectivity index (χ0v) is 20.2. The Labute approximate surface area is 195 Å². The fourth-order valence-electron chi connectivity index (χ4n) is 6.87. The molecule has 2 fully saturated rings. The van der Waals surface area contributed by atoms with Crippen molar-refractivity contribution < 1.29 is 23.7 Å². The molecule has 33 heavy (non-hydrogen) atoms. The Balaban J connectivity index is 1.48. The van der Waals surface area contributed by atoms with Gasteiger partial charge in [-0.1, -0.05) is 0 Å².